The van der Waals surface area contributed by atoms with Gasteiger partial charge in [-0.05, 0) is 32.1 Å². The fourth-order valence-electron chi connectivity index (χ4n) is 1.53. The first-order valence-corrected chi connectivity index (χ1v) is 8.55. The average molecular weight is 306 g/mol. The van der Waals surface area contributed by atoms with Crippen molar-refractivity contribution in [3.63, 3.8) is 0 Å². The topological polar surface area (TPSA) is 44.8 Å². The molecule has 0 saturated carbocycles. The van der Waals surface area contributed by atoms with Gasteiger partial charge < -0.3 is 0 Å². The van der Waals surface area contributed by atoms with E-state index in [1.165, 1.54) is 19.3 Å². The highest BCUT2D eigenvalue weighted by molar-refractivity contribution is 7.33. The van der Waals surface area contributed by atoms with Gasteiger partial charge in [0.1, 0.15) is 0 Å². The molecule has 0 N–H and O–H groups in total. The van der Waals surface area contributed by atoms with Gasteiger partial charge in [-0.2, -0.15) is 4.67 Å². The van der Waals surface area contributed by atoms with E-state index in [0.717, 1.165) is 12.8 Å². The summed E-state index contributed by atoms with van der Waals surface area (Å²) in [5.41, 5.74) is -0.249. The summed E-state index contributed by atoms with van der Waals surface area (Å²) in [7, 11) is -2.62. The molecular weight excluding hydrogens is 275 g/mol. The molecule has 0 aliphatic rings. The fraction of sp³-hybridized carbons (Fsp3) is 0.867. The van der Waals surface area contributed by atoms with E-state index in [0.29, 0.717) is 12.0 Å². The molecule has 1 unspecified atom stereocenters. The Morgan fingerprint density at radius 3 is 2.20 bits per heavy atom. The lowest BCUT2D eigenvalue weighted by atomic mass is 9.89. The third-order valence-corrected chi connectivity index (χ3v) is 3.82. The third kappa shape index (κ3) is 12.9. The minimum atomic E-state index is -2.62. The average Bonchev–Trinajstić information content (AvgIpc) is 2.30. The van der Waals surface area contributed by atoms with Crippen LogP contribution in [0.3, 0.4) is 0 Å². The Morgan fingerprint density at radius 1 is 1.05 bits per heavy atom. The summed E-state index contributed by atoms with van der Waals surface area (Å²) in [6, 6.07) is 0. The molecular formula is C15H31O4P. The minimum absolute atomic E-state index is 0.411. The molecule has 0 spiro atoms. The molecule has 5 heteroatoms. The molecule has 0 heterocycles. The van der Waals surface area contributed by atoms with Crippen LogP contribution in [0.4, 0.5) is 0 Å². The highest BCUT2D eigenvalue weighted by atomic mass is 31.1. The SMILES string of the molecule is C=CC(C)(C)O[PH](=O)OOCCCCCCC(C)(C)C. The van der Waals surface area contributed by atoms with E-state index < -0.39 is 13.9 Å². The van der Waals surface area contributed by atoms with E-state index in [4.69, 9.17) is 14.1 Å². The van der Waals surface area contributed by atoms with Gasteiger partial charge in [0, 0.05) is 0 Å². The Balaban J connectivity index is 3.45. The van der Waals surface area contributed by atoms with Gasteiger partial charge in [0.15, 0.2) is 0 Å². The molecule has 0 rings (SSSR count). The van der Waals surface area contributed by atoms with Crippen LogP contribution < -0.4 is 0 Å². The summed E-state index contributed by atoms with van der Waals surface area (Å²) in [6.07, 6.45) is 7.24. The zero-order valence-electron chi connectivity index (χ0n) is 13.7. The second kappa shape index (κ2) is 9.73. The zero-order chi connectivity index (χ0) is 15.6. The van der Waals surface area contributed by atoms with Gasteiger partial charge in [-0.1, -0.05) is 46.1 Å². The lowest BCUT2D eigenvalue weighted by Gasteiger charge is -2.19. The van der Waals surface area contributed by atoms with Crippen LogP contribution >= 0.6 is 8.25 Å². The van der Waals surface area contributed by atoms with Crippen molar-refractivity contribution >= 4 is 8.25 Å². The van der Waals surface area contributed by atoms with Crippen molar-refractivity contribution in [3.05, 3.63) is 12.7 Å². The van der Waals surface area contributed by atoms with Crippen LogP contribution in [0.5, 0.6) is 0 Å². The number of hydrogen-bond acceptors (Lipinski definition) is 4. The largest absolute Gasteiger partial charge is 0.347 e. The lowest BCUT2D eigenvalue weighted by Crippen LogP contribution is -2.16. The molecule has 0 radical (unpaired) electrons. The van der Waals surface area contributed by atoms with Gasteiger partial charge in [0.05, 0.1) is 12.2 Å². The van der Waals surface area contributed by atoms with Gasteiger partial charge in [0.25, 0.3) is 0 Å². The minimum Gasteiger partial charge on any atom is -0.299 e. The molecule has 0 saturated heterocycles. The van der Waals surface area contributed by atoms with Crippen molar-refractivity contribution in [2.75, 3.05) is 6.61 Å². The molecule has 0 bridgehead atoms. The predicted octanol–water partition coefficient (Wildman–Crippen LogP) is 5.30. The molecule has 20 heavy (non-hydrogen) atoms. The maximum atomic E-state index is 11.4. The normalized spacial score (nSPS) is 14.2. The smallest absolute Gasteiger partial charge is 0.299 e. The standard InChI is InChI=1S/C15H31O4P/c1-7-15(5,6)18-20(16)19-17-13-11-9-8-10-12-14(2,3)4/h7,20H,1,8-13H2,2-6H3. The van der Waals surface area contributed by atoms with E-state index in [1.54, 1.807) is 19.9 Å². The fourth-order valence-corrected chi connectivity index (χ4v) is 2.26. The Bertz CT molecular complexity index is 295. The van der Waals surface area contributed by atoms with Gasteiger partial charge in [0.2, 0.25) is 0 Å². The van der Waals surface area contributed by atoms with E-state index in [9.17, 15) is 4.57 Å². The van der Waals surface area contributed by atoms with Crippen molar-refractivity contribution in [2.45, 2.75) is 72.3 Å². The molecule has 4 nitrogen and oxygen atoms in total. The first kappa shape index (κ1) is 19.9. The van der Waals surface area contributed by atoms with E-state index >= 15 is 0 Å². The summed E-state index contributed by atoms with van der Waals surface area (Å²) in [5.74, 6) is 0. The maximum absolute atomic E-state index is 11.4. The molecule has 0 amide bonds. The third-order valence-electron chi connectivity index (χ3n) is 2.87. The van der Waals surface area contributed by atoms with Gasteiger partial charge in [-0.3, -0.25) is 9.09 Å². The van der Waals surface area contributed by atoms with Crippen molar-refractivity contribution in [2.24, 2.45) is 5.41 Å². The van der Waals surface area contributed by atoms with Crippen LogP contribution in [0.25, 0.3) is 0 Å². The second-order valence-corrected chi connectivity index (χ2v) is 7.66. The predicted molar refractivity (Wildman–Crippen MR) is 83.9 cm³/mol. The van der Waals surface area contributed by atoms with Gasteiger partial charge >= 0.3 is 8.25 Å². The van der Waals surface area contributed by atoms with Crippen LogP contribution in [-0.4, -0.2) is 12.2 Å². The van der Waals surface area contributed by atoms with Gasteiger partial charge in [-0.25, -0.2) is 4.89 Å². The molecule has 1 atom stereocenters. The van der Waals surface area contributed by atoms with E-state index in [2.05, 4.69) is 27.4 Å². The highest BCUT2D eigenvalue weighted by Gasteiger charge is 2.17. The Hall–Kier alpha value is -0.150. The molecule has 0 fully saturated rings. The summed E-state index contributed by atoms with van der Waals surface area (Å²) < 4.78 is 21.3. The summed E-state index contributed by atoms with van der Waals surface area (Å²) >= 11 is 0. The molecule has 0 aromatic carbocycles. The molecule has 0 aliphatic heterocycles. The molecule has 0 aliphatic carbocycles. The van der Waals surface area contributed by atoms with Crippen LogP contribution in [0.1, 0.15) is 66.7 Å². The summed E-state index contributed by atoms with van der Waals surface area (Å²) in [5, 5.41) is 0. The maximum Gasteiger partial charge on any atom is 0.347 e. The van der Waals surface area contributed by atoms with Crippen LogP contribution in [0.2, 0.25) is 0 Å². The quantitative estimate of drug-likeness (QED) is 0.171. The van der Waals surface area contributed by atoms with Crippen LogP contribution in [0, 0.1) is 5.41 Å². The Labute approximate surface area is 124 Å². The van der Waals surface area contributed by atoms with Gasteiger partial charge in [-0.15, -0.1) is 6.58 Å². The Morgan fingerprint density at radius 2 is 1.65 bits per heavy atom. The Kier molecular flexibility index (Phi) is 9.65. The molecule has 120 valence electrons. The van der Waals surface area contributed by atoms with Crippen molar-refractivity contribution in [3.8, 4) is 0 Å². The second-order valence-electron chi connectivity index (χ2n) is 6.79. The number of rotatable bonds is 11. The van der Waals surface area contributed by atoms with Crippen molar-refractivity contribution in [1.82, 2.24) is 0 Å². The van der Waals surface area contributed by atoms with E-state index in [1.807, 2.05) is 0 Å². The van der Waals surface area contributed by atoms with Crippen molar-refractivity contribution in [1.29, 1.82) is 0 Å². The number of unbranched alkanes of at least 4 members (excludes halogenated alkanes) is 3. The van der Waals surface area contributed by atoms with E-state index in [-0.39, 0.29) is 0 Å². The van der Waals surface area contributed by atoms with Crippen LogP contribution in [0.15, 0.2) is 12.7 Å². The highest BCUT2D eigenvalue weighted by Crippen LogP contribution is 2.32. The summed E-state index contributed by atoms with van der Waals surface area (Å²) in [4.78, 5) is 4.91. The first-order chi connectivity index (χ1) is 9.16. The first-order valence-electron chi connectivity index (χ1n) is 7.32. The zero-order valence-corrected chi connectivity index (χ0v) is 14.7. The molecule has 0 aromatic heterocycles. The monoisotopic (exact) mass is 306 g/mol. The summed E-state index contributed by atoms with van der Waals surface area (Å²) in [6.45, 7) is 14.3. The number of hydrogen-bond donors (Lipinski definition) is 0. The molecule has 0 aromatic rings. The van der Waals surface area contributed by atoms with Crippen molar-refractivity contribution < 1.29 is 18.7 Å². The lowest BCUT2D eigenvalue weighted by molar-refractivity contribution is -0.212. The van der Waals surface area contributed by atoms with Crippen LogP contribution in [-0.2, 0) is 18.7 Å².